The third-order valence-electron chi connectivity index (χ3n) is 4.13. The molecule has 0 aliphatic carbocycles. The maximum Gasteiger partial charge on any atom is 0.252 e. The van der Waals surface area contributed by atoms with Crippen molar-refractivity contribution in [3.63, 3.8) is 0 Å². The van der Waals surface area contributed by atoms with E-state index in [1.54, 1.807) is 48.5 Å². The summed E-state index contributed by atoms with van der Waals surface area (Å²) < 4.78 is 0. The number of nitrogens with zero attached hydrogens (tertiary/aromatic N) is 1. The first-order valence-corrected chi connectivity index (χ1v) is 8.28. The molecular formula is C19H17ClN2O3. The van der Waals surface area contributed by atoms with E-state index in [1.807, 2.05) is 0 Å². The lowest BCUT2D eigenvalue weighted by Crippen LogP contribution is -2.34. The van der Waals surface area contributed by atoms with Crippen molar-refractivity contribution in [2.45, 2.75) is 25.9 Å². The number of carbonyl (C=O) groups excluding carboxylic acids is 3. The number of anilines is 1. The molecule has 6 heteroatoms. The zero-order chi connectivity index (χ0) is 18.0. The smallest absolute Gasteiger partial charge is 0.252 e. The molecule has 128 valence electrons. The lowest BCUT2D eigenvalue weighted by atomic mass is 10.1. The Labute approximate surface area is 150 Å². The van der Waals surface area contributed by atoms with Crippen molar-refractivity contribution in [1.29, 1.82) is 0 Å². The van der Waals surface area contributed by atoms with Crippen LogP contribution in [0, 0.1) is 0 Å². The van der Waals surface area contributed by atoms with Crippen LogP contribution in [0.25, 0.3) is 0 Å². The zero-order valence-corrected chi connectivity index (χ0v) is 14.4. The Morgan fingerprint density at radius 2 is 1.76 bits per heavy atom. The summed E-state index contributed by atoms with van der Waals surface area (Å²) in [5.41, 5.74) is 2.14. The molecular weight excluding hydrogens is 340 g/mol. The Morgan fingerprint density at radius 3 is 2.36 bits per heavy atom. The number of rotatable bonds is 5. The largest absolute Gasteiger partial charge is 0.373 e. The van der Waals surface area contributed by atoms with E-state index in [9.17, 15) is 14.4 Å². The molecule has 1 unspecified atom stereocenters. The van der Waals surface area contributed by atoms with E-state index in [4.69, 9.17) is 11.6 Å². The quantitative estimate of drug-likeness (QED) is 0.659. The minimum absolute atomic E-state index is 0.0205. The first-order valence-electron chi connectivity index (χ1n) is 7.90. The number of amides is 2. The van der Waals surface area contributed by atoms with Gasteiger partial charge in [0.05, 0.1) is 13.0 Å². The van der Waals surface area contributed by atoms with Crippen LogP contribution in [-0.4, -0.2) is 28.5 Å². The van der Waals surface area contributed by atoms with Crippen LogP contribution in [-0.2, 0) is 16.1 Å². The number of ketones is 1. The molecule has 1 aliphatic rings. The van der Waals surface area contributed by atoms with Gasteiger partial charge >= 0.3 is 0 Å². The molecule has 2 aromatic carbocycles. The number of benzene rings is 2. The van der Waals surface area contributed by atoms with Crippen LogP contribution in [0.15, 0.2) is 48.5 Å². The van der Waals surface area contributed by atoms with E-state index < -0.39 is 6.04 Å². The van der Waals surface area contributed by atoms with E-state index in [0.29, 0.717) is 16.3 Å². The van der Waals surface area contributed by atoms with E-state index in [2.05, 4.69) is 5.32 Å². The molecule has 1 aliphatic heterocycles. The summed E-state index contributed by atoms with van der Waals surface area (Å²) in [7, 11) is 0. The number of nitrogens with one attached hydrogen (secondary N) is 1. The van der Waals surface area contributed by atoms with Gasteiger partial charge in [-0.3, -0.25) is 19.3 Å². The highest BCUT2D eigenvalue weighted by atomic mass is 35.5. The summed E-state index contributed by atoms with van der Waals surface area (Å²) >= 11 is 5.85. The number of hydrogen-bond donors (Lipinski definition) is 1. The lowest BCUT2D eigenvalue weighted by Gasteiger charge is -2.16. The molecule has 0 bridgehead atoms. The van der Waals surface area contributed by atoms with Crippen molar-refractivity contribution in [2.75, 3.05) is 5.32 Å². The predicted octanol–water partition coefficient (Wildman–Crippen LogP) is 3.28. The summed E-state index contributed by atoms with van der Waals surface area (Å²) in [6, 6.07) is 13.3. The molecule has 0 saturated carbocycles. The summed E-state index contributed by atoms with van der Waals surface area (Å²) in [6.45, 7) is 1.73. The van der Waals surface area contributed by atoms with E-state index in [0.717, 1.165) is 5.56 Å². The van der Waals surface area contributed by atoms with Crippen LogP contribution in [0.1, 0.15) is 29.3 Å². The van der Waals surface area contributed by atoms with Crippen molar-refractivity contribution in [3.8, 4) is 0 Å². The summed E-state index contributed by atoms with van der Waals surface area (Å²) in [6.07, 6.45) is 0.112. The SMILES string of the molecule is CC(=O)c1ccc(NC2CC(=O)N(Cc3ccc(Cl)cc3)C2=O)cc1. The Balaban J connectivity index is 1.68. The van der Waals surface area contributed by atoms with Gasteiger partial charge in [-0.1, -0.05) is 23.7 Å². The molecule has 0 spiro atoms. The second kappa shape index (κ2) is 7.07. The van der Waals surface area contributed by atoms with Crippen LogP contribution >= 0.6 is 11.6 Å². The highest BCUT2D eigenvalue weighted by Gasteiger charge is 2.38. The van der Waals surface area contributed by atoms with Gasteiger partial charge in [-0.2, -0.15) is 0 Å². The third kappa shape index (κ3) is 3.88. The van der Waals surface area contributed by atoms with Crippen LogP contribution in [0.5, 0.6) is 0 Å². The monoisotopic (exact) mass is 356 g/mol. The molecule has 0 radical (unpaired) electrons. The maximum absolute atomic E-state index is 12.5. The molecule has 2 amide bonds. The van der Waals surface area contributed by atoms with Crippen LogP contribution < -0.4 is 5.32 Å². The number of Topliss-reactive ketones (excluding diaryl/α,β-unsaturated/α-hetero) is 1. The molecule has 3 rings (SSSR count). The average Bonchev–Trinajstić information content (AvgIpc) is 2.85. The Bertz CT molecular complexity index is 816. The molecule has 2 aromatic rings. The zero-order valence-electron chi connectivity index (χ0n) is 13.7. The minimum Gasteiger partial charge on any atom is -0.373 e. The molecule has 1 heterocycles. The molecule has 1 fully saturated rings. The number of hydrogen-bond acceptors (Lipinski definition) is 4. The second-order valence-electron chi connectivity index (χ2n) is 5.98. The van der Waals surface area contributed by atoms with E-state index >= 15 is 0 Å². The van der Waals surface area contributed by atoms with Gasteiger partial charge in [0.15, 0.2) is 5.78 Å². The van der Waals surface area contributed by atoms with Crippen molar-refractivity contribution >= 4 is 34.9 Å². The third-order valence-corrected chi connectivity index (χ3v) is 4.38. The molecule has 1 atom stereocenters. The van der Waals surface area contributed by atoms with E-state index in [-0.39, 0.29) is 30.6 Å². The van der Waals surface area contributed by atoms with Crippen molar-refractivity contribution < 1.29 is 14.4 Å². The first-order chi connectivity index (χ1) is 11.9. The van der Waals surface area contributed by atoms with Gasteiger partial charge in [0, 0.05) is 16.3 Å². The topological polar surface area (TPSA) is 66.5 Å². The summed E-state index contributed by atoms with van der Waals surface area (Å²) in [4.78, 5) is 37.3. The minimum atomic E-state index is -0.594. The second-order valence-corrected chi connectivity index (χ2v) is 6.42. The average molecular weight is 357 g/mol. The summed E-state index contributed by atoms with van der Waals surface area (Å²) in [5, 5.41) is 3.68. The van der Waals surface area contributed by atoms with Crippen LogP contribution in [0.3, 0.4) is 0 Å². The van der Waals surface area contributed by atoms with Gasteiger partial charge < -0.3 is 5.32 Å². The molecule has 1 saturated heterocycles. The predicted molar refractivity (Wildman–Crippen MR) is 95.5 cm³/mol. The van der Waals surface area contributed by atoms with Crippen LogP contribution in [0.2, 0.25) is 5.02 Å². The highest BCUT2D eigenvalue weighted by Crippen LogP contribution is 2.21. The van der Waals surface area contributed by atoms with Crippen molar-refractivity contribution in [2.24, 2.45) is 0 Å². The van der Waals surface area contributed by atoms with E-state index in [1.165, 1.54) is 11.8 Å². The first kappa shape index (κ1) is 17.2. The Hall–Kier alpha value is -2.66. The lowest BCUT2D eigenvalue weighted by molar-refractivity contribution is -0.139. The fraction of sp³-hybridized carbons (Fsp3) is 0.211. The number of carbonyl (C=O) groups is 3. The van der Waals surface area contributed by atoms with Gasteiger partial charge in [0.1, 0.15) is 6.04 Å². The fourth-order valence-electron chi connectivity index (χ4n) is 2.74. The maximum atomic E-state index is 12.5. The normalized spacial score (nSPS) is 17.0. The Kier molecular flexibility index (Phi) is 4.86. The molecule has 5 nitrogen and oxygen atoms in total. The summed E-state index contributed by atoms with van der Waals surface area (Å²) in [5.74, 6) is -0.485. The van der Waals surface area contributed by atoms with Gasteiger partial charge in [-0.15, -0.1) is 0 Å². The fourth-order valence-corrected chi connectivity index (χ4v) is 2.86. The molecule has 0 aromatic heterocycles. The van der Waals surface area contributed by atoms with Crippen molar-refractivity contribution in [1.82, 2.24) is 4.90 Å². The number of likely N-dealkylation sites (tertiary alicyclic amines) is 1. The number of halogens is 1. The highest BCUT2D eigenvalue weighted by molar-refractivity contribution is 6.30. The standard InChI is InChI=1S/C19H17ClN2O3/c1-12(23)14-4-8-16(9-5-14)21-17-10-18(24)22(19(17)25)11-13-2-6-15(20)7-3-13/h2-9,17,21H,10-11H2,1H3. The van der Waals surface area contributed by atoms with Gasteiger partial charge in [-0.05, 0) is 48.9 Å². The van der Waals surface area contributed by atoms with Crippen LogP contribution in [0.4, 0.5) is 5.69 Å². The van der Waals surface area contributed by atoms with Crippen molar-refractivity contribution in [3.05, 3.63) is 64.7 Å². The molecule has 25 heavy (non-hydrogen) atoms. The van der Waals surface area contributed by atoms with Gasteiger partial charge in [0.2, 0.25) is 5.91 Å². The van der Waals surface area contributed by atoms with Gasteiger partial charge in [-0.25, -0.2) is 0 Å². The number of imide groups is 1. The molecule has 1 N–H and O–H groups in total. The van der Waals surface area contributed by atoms with Gasteiger partial charge in [0.25, 0.3) is 5.91 Å². The Morgan fingerprint density at radius 1 is 1.12 bits per heavy atom.